The molecule has 0 aliphatic carbocycles. The van der Waals surface area contributed by atoms with Crippen molar-refractivity contribution in [3.63, 3.8) is 0 Å². The number of rotatable bonds is 3. The van der Waals surface area contributed by atoms with Crippen molar-refractivity contribution in [1.82, 2.24) is 9.55 Å². The Kier molecular flexibility index (Phi) is 4.49. The van der Waals surface area contributed by atoms with E-state index in [0.717, 1.165) is 16.9 Å². The minimum Gasteiger partial charge on any atom is -0.309 e. The van der Waals surface area contributed by atoms with Gasteiger partial charge in [0, 0.05) is 28.2 Å². The van der Waals surface area contributed by atoms with E-state index in [1.165, 1.54) is 43.7 Å². The maximum absolute atomic E-state index is 4.64. The molecule has 2 heterocycles. The lowest BCUT2D eigenvalue weighted by atomic mass is 9.99. The first-order chi connectivity index (χ1) is 17.4. The Hall–Kier alpha value is -4.69. The summed E-state index contributed by atoms with van der Waals surface area (Å²) in [6, 6.07) is 45.3. The van der Waals surface area contributed by atoms with Crippen LogP contribution in [-0.2, 0) is 0 Å². The molecule has 0 bridgehead atoms. The average Bonchev–Trinajstić information content (AvgIpc) is 3.26. The Balaban J connectivity index is 1.55. The van der Waals surface area contributed by atoms with Gasteiger partial charge in [0.15, 0.2) is 0 Å². The number of benzene rings is 5. The molecule has 2 aromatic heterocycles. The molecule has 0 spiro atoms. The summed E-state index contributed by atoms with van der Waals surface area (Å²) in [6.45, 7) is 0. The van der Waals surface area contributed by atoms with Gasteiger partial charge in [0.25, 0.3) is 0 Å². The first-order valence-electron chi connectivity index (χ1n) is 11.9. The van der Waals surface area contributed by atoms with E-state index in [2.05, 4.69) is 125 Å². The predicted octanol–water partition coefficient (Wildman–Crippen LogP) is 8.67. The average molecular weight is 447 g/mol. The van der Waals surface area contributed by atoms with Gasteiger partial charge in [-0.15, -0.1) is 0 Å². The van der Waals surface area contributed by atoms with E-state index in [4.69, 9.17) is 0 Å². The van der Waals surface area contributed by atoms with Crippen molar-refractivity contribution in [2.75, 3.05) is 0 Å². The van der Waals surface area contributed by atoms with Gasteiger partial charge in [-0.05, 0) is 64.4 Å². The number of hydrogen-bond donors (Lipinski definition) is 0. The zero-order chi connectivity index (χ0) is 23.2. The molecule has 0 N–H and O–H groups in total. The van der Waals surface area contributed by atoms with Crippen molar-refractivity contribution in [2.45, 2.75) is 0 Å². The lowest BCUT2D eigenvalue weighted by Gasteiger charge is -2.12. The van der Waals surface area contributed by atoms with Crippen LogP contribution >= 0.6 is 0 Å². The number of aromatic nitrogens is 2. The standard InChI is InChI=1S/C33H22N2/c1-2-10-23(11-3-1)24-12-8-14-26(20-24)35-32-18-5-4-15-28(32)30-21-25-13-9-16-27(29(25)22-33(30)35)31-17-6-7-19-34-31/h1-22H. The van der Waals surface area contributed by atoms with Gasteiger partial charge in [0.1, 0.15) is 0 Å². The van der Waals surface area contributed by atoms with Gasteiger partial charge in [-0.1, -0.05) is 84.9 Å². The van der Waals surface area contributed by atoms with Crippen molar-refractivity contribution in [3.05, 3.63) is 134 Å². The lowest BCUT2D eigenvalue weighted by Crippen LogP contribution is -1.94. The summed E-state index contributed by atoms with van der Waals surface area (Å²) in [6.07, 6.45) is 1.86. The monoisotopic (exact) mass is 446 g/mol. The zero-order valence-corrected chi connectivity index (χ0v) is 19.1. The van der Waals surface area contributed by atoms with Crippen molar-refractivity contribution >= 4 is 32.6 Å². The fourth-order valence-corrected chi connectivity index (χ4v) is 5.22. The molecule has 2 nitrogen and oxygen atoms in total. The molecule has 0 atom stereocenters. The molecule has 0 radical (unpaired) electrons. The van der Waals surface area contributed by atoms with Crippen LogP contribution < -0.4 is 0 Å². The largest absolute Gasteiger partial charge is 0.309 e. The van der Waals surface area contributed by atoms with Gasteiger partial charge in [-0.25, -0.2) is 0 Å². The molecular weight excluding hydrogens is 424 g/mol. The molecule has 35 heavy (non-hydrogen) atoms. The quantitative estimate of drug-likeness (QED) is 0.265. The summed E-state index contributed by atoms with van der Waals surface area (Å²) < 4.78 is 2.39. The van der Waals surface area contributed by atoms with Crippen molar-refractivity contribution in [1.29, 1.82) is 0 Å². The molecule has 5 aromatic carbocycles. The normalized spacial score (nSPS) is 11.4. The molecule has 0 amide bonds. The number of para-hydroxylation sites is 1. The van der Waals surface area contributed by atoms with Crippen LogP contribution in [0.1, 0.15) is 0 Å². The summed E-state index contributed by atoms with van der Waals surface area (Å²) in [5.41, 5.74) is 8.15. The van der Waals surface area contributed by atoms with Crippen LogP contribution in [0.5, 0.6) is 0 Å². The minimum atomic E-state index is 0.992. The second-order valence-corrected chi connectivity index (χ2v) is 8.88. The fraction of sp³-hybridized carbons (Fsp3) is 0. The van der Waals surface area contributed by atoms with E-state index in [9.17, 15) is 0 Å². The summed E-state index contributed by atoms with van der Waals surface area (Å²) in [7, 11) is 0. The third kappa shape index (κ3) is 3.23. The minimum absolute atomic E-state index is 0.992. The van der Waals surface area contributed by atoms with Gasteiger partial charge in [0.05, 0.1) is 16.7 Å². The van der Waals surface area contributed by atoms with E-state index < -0.39 is 0 Å². The van der Waals surface area contributed by atoms with Crippen molar-refractivity contribution < 1.29 is 0 Å². The van der Waals surface area contributed by atoms with E-state index >= 15 is 0 Å². The van der Waals surface area contributed by atoms with Crippen LogP contribution in [0, 0.1) is 0 Å². The van der Waals surface area contributed by atoms with Crippen molar-refractivity contribution in [2.24, 2.45) is 0 Å². The molecule has 0 fully saturated rings. The second-order valence-electron chi connectivity index (χ2n) is 8.88. The van der Waals surface area contributed by atoms with E-state index in [0.29, 0.717) is 0 Å². The first kappa shape index (κ1) is 19.7. The molecule has 7 aromatic rings. The highest BCUT2D eigenvalue weighted by Gasteiger charge is 2.15. The predicted molar refractivity (Wildman–Crippen MR) is 147 cm³/mol. The van der Waals surface area contributed by atoms with Gasteiger partial charge in [0.2, 0.25) is 0 Å². The highest BCUT2D eigenvalue weighted by molar-refractivity contribution is 6.15. The highest BCUT2D eigenvalue weighted by Crippen LogP contribution is 2.38. The van der Waals surface area contributed by atoms with E-state index in [-0.39, 0.29) is 0 Å². The third-order valence-electron chi connectivity index (χ3n) is 6.83. The maximum atomic E-state index is 4.64. The Morgan fingerprint density at radius 3 is 2.17 bits per heavy atom. The van der Waals surface area contributed by atoms with Crippen LogP contribution in [0.25, 0.3) is 60.6 Å². The number of nitrogens with zero attached hydrogens (tertiary/aromatic N) is 2. The molecule has 0 aliphatic rings. The fourth-order valence-electron chi connectivity index (χ4n) is 5.22. The van der Waals surface area contributed by atoms with Crippen LogP contribution in [0.15, 0.2) is 134 Å². The Morgan fingerprint density at radius 1 is 0.486 bits per heavy atom. The van der Waals surface area contributed by atoms with E-state index in [1.807, 2.05) is 18.3 Å². The van der Waals surface area contributed by atoms with Gasteiger partial charge in [-0.2, -0.15) is 0 Å². The summed E-state index contributed by atoms with van der Waals surface area (Å²) in [4.78, 5) is 4.64. The second kappa shape index (κ2) is 7.96. The first-order valence-corrected chi connectivity index (χ1v) is 11.9. The summed E-state index contributed by atoms with van der Waals surface area (Å²) in [5.74, 6) is 0. The van der Waals surface area contributed by atoms with Crippen molar-refractivity contribution in [3.8, 4) is 28.1 Å². The smallest absolute Gasteiger partial charge is 0.0708 e. The molecular formula is C33H22N2. The Bertz CT molecular complexity index is 1830. The summed E-state index contributed by atoms with van der Waals surface area (Å²) in [5, 5.41) is 4.96. The molecule has 0 saturated heterocycles. The molecule has 7 rings (SSSR count). The third-order valence-corrected chi connectivity index (χ3v) is 6.83. The molecule has 0 aliphatic heterocycles. The van der Waals surface area contributed by atoms with Gasteiger partial charge >= 0.3 is 0 Å². The molecule has 2 heteroatoms. The van der Waals surface area contributed by atoms with Crippen LogP contribution in [0.2, 0.25) is 0 Å². The lowest BCUT2D eigenvalue weighted by molar-refractivity contribution is 1.18. The van der Waals surface area contributed by atoms with Crippen LogP contribution in [0.3, 0.4) is 0 Å². The Labute approximate surface area is 203 Å². The molecule has 0 saturated carbocycles. The topological polar surface area (TPSA) is 17.8 Å². The zero-order valence-electron chi connectivity index (χ0n) is 19.1. The summed E-state index contributed by atoms with van der Waals surface area (Å²) >= 11 is 0. The number of fused-ring (bicyclic) bond motifs is 4. The van der Waals surface area contributed by atoms with Crippen LogP contribution in [0.4, 0.5) is 0 Å². The number of pyridine rings is 1. The Morgan fingerprint density at radius 2 is 1.29 bits per heavy atom. The molecule has 0 unspecified atom stereocenters. The van der Waals surface area contributed by atoms with Gasteiger partial charge in [-0.3, -0.25) is 4.98 Å². The SMILES string of the molecule is c1ccc(-c2cccc(-n3c4ccccc4c4cc5cccc(-c6ccccn6)c5cc43)c2)cc1. The van der Waals surface area contributed by atoms with Crippen LogP contribution in [-0.4, -0.2) is 9.55 Å². The van der Waals surface area contributed by atoms with E-state index in [1.54, 1.807) is 0 Å². The van der Waals surface area contributed by atoms with Gasteiger partial charge < -0.3 is 4.57 Å². The molecule has 164 valence electrons. The maximum Gasteiger partial charge on any atom is 0.0708 e. The highest BCUT2D eigenvalue weighted by atomic mass is 15.0. The number of hydrogen-bond acceptors (Lipinski definition) is 1.